The number of carbonyl (C=O) groups is 2. The van der Waals surface area contributed by atoms with Crippen LogP contribution < -0.4 is 5.32 Å². The van der Waals surface area contributed by atoms with Gasteiger partial charge in [-0.1, -0.05) is 0 Å². The highest BCUT2D eigenvalue weighted by Crippen LogP contribution is 2.16. The maximum absolute atomic E-state index is 10.7. The van der Waals surface area contributed by atoms with E-state index in [-0.39, 0.29) is 0 Å². The molecule has 0 bridgehead atoms. The highest BCUT2D eigenvalue weighted by molar-refractivity contribution is 7.11. The average molecular weight is 213 g/mol. The van der Waals surface area contributed by atoms with Crippen LogP contribution in [0.1, 0.15) is 9.75 Å². The fourth-order valence-electron chi connectivity index (χ4n) is 1.10. The van der Waals surface area contributed by atoms with Gasteiger partial charge in [0.1, 0.15) is 6.04 Å². The summed E-state index contributed by atoms with van der Waals surface area (Å²) >= 11 is 1.54. The second kappa shape index (κ2) is 4.76. The van der Waals surface area contributed by atoms with Gasteiger partial charge in [-0.25, -0.2) is 4.79 Å². The Morgan fingerprint density at radius 1 is 1.71 bits per heavy atom. The molecule has 1 atom stereocenters. The van der Waals surface area contributed by atoms with Gasteiger partial charge in [-0.2, -0.15) is 0 Å². The predicted molar refractivity (Wildman–Crippen MR) is 53.4 cm³/mol. The highest BCUT2D eigenvalue weighted by atomic mass is 32.1. The normalized spacial score (nSPS) is 12.1. The van der Waals surface area contributed by atoms with E-state index in [2.05, 4.69) is 5.32 Å². The summed E-state index contributed by atoms with van der Waals surface area (Å²) in [5, 5.41) is 11.0. The highest BCUT2D eigenvalue weighted by Gasteiger charge is 2.17. The van der Waals surface area contributed by atoms with Crippen LogP contribution >= 0.6 is 11.3 Å². The van der Waals surface area contributed by atoms with Crippen molar-refractivity contribution in [1.82, 2.24) is 5.32 Å². The topological polar surface area (TPSA) is 66.4 Å². The first-order valence-corrected chi connectivity index (χ1v) is 4.93. The molecule has 4 nitrogen and oxygen atoms in total. The van der Waals surface area contributed by atoms with Crippen molar-refractivity contribution in [2.45, 2.75) is 19.4 Å². The Balaban J connectivity index is 2.64. The third-order valence-corrected chi connectivity index (χ3v) is 2.79. The Morgan fingerprint density at radius 2 is 2.43 bits per heavy atom. The molecule has 1 aromatic heterocycles. The zero-order valence-corrected chi connectivity index (χ0v) is 8.50. The molecule has 1 heterocycles. The van der Waals surface area contributed by atoms with Crippen LogP contribution in [0.15, 0.2) is 12.1 Å². The molecule has 14 heavy (non-hydrogen) atoms. The number of nitrogens with one attached hydrogen (secondary N) is 1. The Morgan fingerprint density at radius 3 is 2.86 bits per heavy atom. The van der Waals surface area contributed by atoms with Crippen molar-refractivity contribution in [3.63, 3.8) is 0 Å². The first-order chi connectivity index (χ1) is 6.63. The van der Waals surface area contributed by atoms with Crippen LogP contribution in [-0.2, 0) is 16.0 Å². The Labute approximate surface area is 85.6 Å². The van der Waals surface area contributed by atoms with Gasteiger partial charge in [0.2, 0.25) is 6.41 Å². The SMILES string of the molecule is Cc1ccc(CC(NC=O)C(=O)O)s1. The second-order valence-corrected chi connectivity index (χ2v) is 4.26. The summed E-state index contributed by atoms with van der Waals surface area (Å²) in [5.74, 6) is -1.01. The van der Waals surface area contributed by atoms with Crippen molar-refractivity contribution in [3.05, 3.63) is 21.9 Å². The lowest BCUT2D eigenvalue weighted by molar-refractivity contribution is -0.140. The van der Waals surface area contributed by atoms with Crippen LogP contribution in [0.2, 0.25) is 0 Å². The zero-order valence-electron chi connectivity index (χ0n) is 7.69. The third-order valence-electron chi connectivity index (χ3n) is 1.77. The molecule has 5 heteroatoms. The maximum Gasteiger partial charge on any atom is 0.326 e. The Bertz CT molecular complexity index is 335. The van der Waals surface area contributed by atoms with Gasteiger partial charge in [0.15, 0.2) is 0 Å². The number of carboxylic acid groups (broad SMARTS) is 1. The molecule has 76 valence electrons. The quantitative estimate of drug-likeness (QED) is 0.711. The molecule has 1 unspecified atom stereocenters. The fourth-order valence-corrected chi connectivity index (χ4v) is 2.03. The monoisotopic (exact) mass is 213 g/mol. The molecule has 0 radical (unpaired) electrons. The van der Waals surface area contributed by atoms with E-state index in [1.807, 2.05) is 19.1 Å². The van der Waals surface area contributed by atoms with Crippen molar-refractivity contribution in [2.75, 3.05) is 0 Å². The molecule has 0 aliphatic carbocycles. The van der Waals surface area contributed by atoms with Crippen LogP contribution in [-0.4, -0.2) is 23.5 Å². The first kappa shape index (κ1) is 10.7. The van der Waals surface area contributed by atoms with Crippen LogP contribution in [0.4, 0.5) is 0 Å². The number of carbonyl (C=O) groups excluding carboxylic acids is 1. The summed E-state index contributed by atoms with van der Waals surface area (Å²) in [6.07, 6.45) is 0.756. The van der Waals surface area contributed by atoms with Gasteiger partial charge < -0.3 is 10.4 Å². The van der Waals surface area contributed by atoms with E-state index in [9.17, 15) is 9.59 Å². The van der Waals surface area contributed by atoms with Crippen LogP contribution in [0.3, 0.4) is 0 Å². The standard InChI is InChI=1S/C9H11NO3S/c1-6-2-3-7(14-6)4-8(9(12)13)10-5-11/h2-3,5,8H,4H2,1H3,(H,10,11)(H,12,13). The first-order valence-electron chi connectivity index (χ1n) is 4.11. The van der Waals surface area contributed by atoms with Crippen LogP contribution in [0.5, 0.6) is 0 Å². The summed E-state index contributed by atoms with van der Waals surface area (Å²) < 4.78 is 0. The lowest BCUT2D eigenvalue weighted by atomic mass is 10.2. The number of aliphatic carboxylic acids is 1. The summed E-state index contributed by atoms with van der Waals surface area (Å²) in [7, 11) is 0. The summed E-state index contributed by atoms with van der Waals surface area (Å²) in [6, 6.07) is 2.98. The van der Waals surface area contributed by atoms with Gasteiger partial charge in [0.05, 0.1) is 0 Å². The molecule has 0 spiro atoms. The van der Waals surface area contributed by atoms with E-state index < -0.39 is 12.0 Å². The van der Waals surface area contributed by atoms with Gasteiger partial charge >= 0.3 is 5.97 Å². The van der Waals surface area contributed by atoms with Gasteiger partial charge in [0, 0.05) is 16.2 Å². The lowest BCUT2D eigenvalue weighted by Crippen LogP contribution is -2.37. The van der Waals surface area contributed by atoms with E-state index in [4.69, 9.17) is 5.11 Å². The molecule has 0 saturated heterocycles. The molecule has 1 amide bonds. The van der Waals surface area contributed by atoms with Crippen molar-refractivity contribution in [3.8, 4) is 0 Å². The minimum atomic E-state index is -1.01. The minimum absolute atomic E-state index is 0.340. The van der Waals surface area contributed by atoms with E-state index in [1.165, 1.54) is 0 Å². The van der Waals surface area contributed by atoms with Crippen molar-refractivity contribution in [1.29, 1.82) is 0 Å². The fraction of sp³-hybridized carbons (Fsp3) is 0.333. The zero-order chi connectivity index (χ0) is 10.6. The molecular weight excluding hydrogens is 202 g/mol. The minimum Gasteiger partial charge on any atom is -0.480 e. The summed E-state index contributed by atoms with van der Waals surface area (Å²) in [5.41, 5.74) is 0. The van der Waals surface area contributed by atoms with E-state index in [0.29, 0.717) is 12.8 Å². The number of hydrogen-bond acceptors (Lipinski definition) is 3. The Hall–Kier alpha value is -1.36. The van der Waals surface area contributed by atoms with E-state index >= 15 is 0 Å². The average Bonchev–Trinajstić information content (AvgIpc) is 2.50. The van der Waals surface area contributed by atoms with E-state index in [0.717, 1.165) is 9.75 Å². The molecule has 0 fully saturated rings. The summed E-state index contributed by atoms with van der Waals surface area (Å²) in [4.78, 5) is 22.9. The van der Waals surface area contributed by atoms with Crippen LogP contribution in [0, 0.1) is 6.92 Å². The number of hydrogen-bond donors (Lipinski definition) is 2. The van der Waals surface area contributed by atoms with Gasteiger partial charge in [-0.3, -0.25) is 4.79 Å². The van der Waals surface area contributed by atoms with Crippen LogP contribution in [0.25, 0.3) is 0 Å². The van der Waals surface area contributed by atoms with Crippen molar-refractivity contribution in [2.24, 2.45) is 0 Å². The van der Waals surface area contributed by atoms with Crippen molar-refractivity contribution < 1.29 is 14.7 Å². The summed E-state index contributed by atoms with van der Waals surface area (Å²) in [6.45, 7) is 1.96. The molecule has 2 N–H and O–H groups in total. The lowest BCUT2D eigenvalue weighted by Gasteiger charge is -2.08. The van der Waals surface area contributed by atoms with Gasteiger partial charge in [0.25, 0.3) is 0 Å². The second-order valence-electron chi connectivity index (χ2n) is 2.89. The molecule has 1 aromatic rings. The van der Waals surface area contributed by atoms with Crippen molar-refractivity contribution >= 4 is 23.7 Å². The number of carboxylic acids is 1. The maximum atomic E-state index is 10.7. The molecule has 0 aliphatic rings. The smallest absolute Gasteiger partial charge is 0.326 e. The predicted octanol–water partition coefficient (Wildman–Crippen LogP) is 0.798. The third kappa shape index (κ3) is 2.85. The molecule has 1 rings (SSSR count). The number of rotatable bonds is 5. The van der Waals surface area contributed by atoms with Gasteiger partial charge in [-0.05, 0) is 19.1 Å². The molecule has 0 aliphatic heterocycles. The number of aryl methyl sites for hydroxylation is 1. The Kier molecular flexibility index (Phi) is 3.64. The molecule has 0 saturated carbocycles. The largest absolute Gasteiger partial charge is 0.480 e. The number of amides is 1. The number of thiophene rings is 1. The molecule has 0 aromatic carbocycles. The molecular formula is C9H11NO3S. The van der Waals surface area contributed by atoms with Gasteiger partial charge in [-0.15, -0.1) is 11.3 Å². The van der Waals surface area contributed by atoms with E-state index in [1.54, 1.807) is 11.3 Å².